The number of rotatable bonds is 4. The zero-order valence-electron chi connectivity index (χ0n) is 15.5. The highest BCUT2D eigenvalue weighted by atomic mass is 79.9. The van der Waals surface area contributed by atoms with Crippen LogP contribution in [0, 0.1) is 0 Å². The molecule has 29 heavy (non-hydrogen) atoms. The fourth-order valence-corrected chi connectivity index (χ4v) is 3.60. The molecule has 0 unspecified atom stereocenters. The number of hydrogen-bond donors (Lipinski definition) is 0. The van der Waals surface area contributed by atoms with Crippen molar-refractivity contribution in [2.24, 2.45) is 4.99 Å². The molecule has 4 nitrogen and oxygen atoms in total. The molecule has 1 amide bonds. The molecule has 1 aliphatic heterocycles. The van der Waals surface area contributed by atoms with Crippen LogP contribution >= 0.6 is 31.9 Å². The molecule has 0 atom stereocenters. The monoisotopic (exact) mass is 510 g/mol. The Kier molecular flexibility index (Phi) is 5.65. The van der Waals surface area contributed by atoms with E-state index in [1.807, 2.05) is 72.8 Å². The van der Waals surface area contributed by atoms with E-state index >= 15 is 0 Å². The zero-order chi connectivity index (χ0) is 20.4. The third-order valence-corrected chi connectivity index (χ3v) is 5.52. The normalized spacial score (nSPS) is 15.0. The first-order valence-corrected chi connectivity index (χ1v) is 10.4. The van der Waals surface area contributed by atoms with E-state index in [1.165, 1.54) is 0 Å². The summed E-state index contributed by atoms with van der Waals surface area (Å²) in [6, 6.07) is 22.9. The SMILES string of the molecule is COc1ccccc1C1=N/C(=C/c2ccc(Br)cc2)C(=O)N1c1ccc(Br)cc1. The Morgan fingerprint density at radius 2 is 1.52 bits per heavy atom. The number of nitrogens with zero attached hydrogens (tertiary/aromatic N) is 2. The van der Waals surface area contributed by atoms with E-state index in [9.17, 15) is 4.79 Å². The maximum absolute atomic E-state index is 13.3. The first kappa shape index (κ1) is 19.6. The molecule has 0 fully saturated rings. The van der Waals surface area contributed by atoms with Crippen molar-refractivity contribution in [1.82, 2.24) is 0 Å². The van der Waals surface area contributed by atoms with Gasteiger partial charge in [-0.2, -0.15) is 0 Å². The summed E-state index contributed by atoms with van der Waals surface area (Å²) < 4.78 is 7.43. The molecular formula is C23H16Br2N2O2. The summed E-state index contributed by atoms with van der Waals surface area (Å²) in [6.45, 7) is 0. The van der Waals surface area contributed by atoms with Crippen LogP contribution in [0.4, 0.5) is 5.69 Å². The second-order valence-electron chi connectivity index (χ2n) is 6.33. The van der Waals surface area contributed by atoms with Crippen LogP contribution in [0.5, 0.6) is 5.75 Å². The van der Waals surface area contributed by atoms with E-state index in [-0.39, 0.29) is 5.91 Å². The average molecular weight is 512 g/mol. The lowest BCUT2D eigenvalue weighted by Crippen LogP contribution is -2.32. The molecule has 3 aromatic rings. The van der Waals surface area contributed by atoms with Gasteiger partial charge in [-0.25, -0.2) is 4.99 Å². The number of benzene rings is 3. The molecule has 144 valence electrons. The highest BCUT2D eigenvalue weighted by Crippen LogP contribution is 2.31. The van der Waals surface area contributed by atoms with E-state index in [2.05, 4.69) is 31.9 Å². The van der Waals surface area contributed by atoms with Gasteiger partial charge in [0.25, 0.3) is 5.91 Å². The summed E-state index contributed by atoms with van der Waals surface area (Å²) in [5, 5.41) is 0. The van der Waals surface area contributed by atoms with Crippen LogP contribution in [0.3, 0.4) is 0 Å². The van der Waals surface area contributed by atoms with Gasteiger partial charge in [0.05, 0.1) is 18.4 Å². The minimum absolute atomic E-state index is 0.184. The minimum Gasteiger partial charge on any atom is -0.496 e. The number of carbonyl (C=O) groups excluding carboxylic acids is 1. The lowest BCUT2D eigenvalue weighted by Gasteiger charge is -2.20. The number of amidine groups is 1. The predicted molar refractivity (Wildman–Crippen MR) is 123 cm³/mol. The van der Waals surface area contributed by atoms with Gasteiger partial charge in [-0.15, -0.1) is 0 Å². The van der Waals surface area contributed by atoms with Gasteiger partial charge in [-0.05, 0) is 60.2 Å². The van der Waals surface area contributed by atoms with Gasteiger partial charge in [0.1, 0.15) is 11.4 Å². The van der Waals surface area contributed by atoms with Gasteiger partial charge < -0.3 is 4.74 Å². The van der Waals surface area contributed by atoms with E-state index in [4.69, 9.17) is 9.73 Å². The van der Waals surface area contributed by atoms with E-state index in [1.54, 1.807) is 18.1 Å². The summed E-state index contributed by atoms with van der Waals surface area (Å²) in [4.78, 5) is 19.6. The Hall–Kier alpha value is -2.70. The predicted octanol–water partition coefficient (Wildman–Crippen LogP) is 6.05. The molecule has 6 heteroatoms. The fourth-order valence-electron chi connectivity index (χ4n) is 3.07. The number of carbonyl (C=O) groups is 1. The van der Waals surface area contributed by atoms with Crippen molar-refractivity contribution in [1.29, 1.82) is 0 Å². The summed E-state index contributed by atoms with van der Waals surface area (Å²) in [5.74, 6) is 1.01. The minimum atomic E-state index is -0.184. The van der Waals surface area contributed by atoms with Crippen LogP contribution < -0.4 is 9.64 Å². The van der Waals surface area contributed by atoms with Crippen LogP contribution in [0.2, 0.25) is 0 Å². The van der Waals surface area contributed by atoms with Gasteiger partial charge in [0, 0.05) is 8.95 Å². The summed E-state index contributed by atoms with van der Waals surface area (Å²) >= 11 is 6.88. The standard InChI is InChI=1S/C23H16Br2N2O2/c1-29-21-5-3-2-4-19(21)22-26-20(14-15-6-8-16(24)9-7-15)23(28)27(22)18-12-10-17(25)11-13-18/h2-14H,1H3/b20-14+. The topological polar surface area (TPSA) is 41.9 Å². The Bertz CT molecular complexity index is 1120. The van der Waals surface area contributed by atoms with Crippen molar-refractivity contribution >= 4 is 55.4 Å². The Labute approximate surface area is 185 Å². The van der Waals surface area contributed by atoms with Crippen molar-refractivity contribution in [3.8, 4) is 5.75 Å². The molecule has 0 radical (unpaired) electrons. The molecule has 0 saturated carbocycles. The Morgan fingerprint density at radius 3 is 2.17 bits per heavy atom. The van der Waals surface area contributed by atoms with Crippen molar-refractivity contribution in [3.63, 3.8) is 0 Å². The Morgan fingerprint density at radius 1 is 0.897 bits per heavy atom. The van der Waals surface area contributed by atoms with Crippen LogP contribution in [0.15, 0.2) is 92.4 Å². The average Bonchev–Trinajstić information content (AvgIpc) is 3.06. The molecule has 0 N–H and O–H groups in total. The van der Waals surface area contributed by atoms with Gasteiger partial charge in [-0.1, -0.05) is 56.1 Å². The van der Waals surface area contributed by atoms with Crippen LogP contribution in [-0.2, 0) is 4.79 Å². The first-order chi connectivity index (χ1) is 14.1. The second kappa shape index (κ2) is 8.35. The zero-order valence-corrected chi connectivity index (χ0v) is 18.6. The quantitative estimate of drug-likeness (QED) is 0.400. The number of hydrogen-bond acceptors (Lipinski definition) is 3. The van der Waals surface area contributed by atoms with Crippen LogP contribution in [0.25, 0.3) is 6.08 Å². The van der Waals surface area contributed by atoms with E-state index < -0.39 is 0 Å². The highest BCUT2D eigenvalue weighted by molar-refractivity contribution is 9.10. The third-order valence-electron chi connectivity index (χ3n) is 4.47. The number of ether oxygens (including phenoxy) is 1. The molecule has 1 heterocycles. The number of anilines is 1. The van der Waals surface area contributed by atoms with Gasteiger partial charge in [0.2, 0.25) is 0 Å². The number of methoxy groups -OCH3 is 1. The van der Waals surface area contributed by atoms with Crippen molar-refractivity contribution in [2.45, 2.75) is 0 Å². The molecular weight excluding hydrogens is 496 g/mol. The van der Waals surface area contributed by atoms with E-state index in [0.29, 0.717) is 17.3 Å². The van der Waals surface area contributed by atoms with Crippen LogP contribution in [-0.4, -0.2) is 18.9 Å². The number of aliphatic imine (C=N–C) groups is 1. The van der Waals surface area contributed by atoms with Gasteiger partial charge >= 0.3 is 0 Å². The molecule has 0 aromatic heterocycles. The number of halogens is 2. The van der Waals surface area contributed by atoms with Crippen LogP contribution in [0.1, 0.15) is 11.1 Å². The smallest absolute Gasteiger partial charge is 0.282 e. The van der Waals surface area contributed by atoms with Crippen molar-refractivity contribution in [2.75, 3.05) is 12.0 Å². The molecule has 0 bridgehead atoms. The molecule has 0 saturated heterocycles. The molecule has 4 rings (SSSR count). The van der Waals surface area contributed by atoms with Crippen molar-refractivity contribution in [3.05, 3.63) is 98.6 Å². The molecule has 1 aliphatic rings. The molecule has 0 spiro atoms. The van der Waals surface area contributed by atoms with Gasteiger partial charge in [0.15, 0.2) is 5.84 Å². The number of para-hydroxylation sites is 1. The lowest BCUT2D eigenvalue weighted by atomic mass is 10.1. The number of amides is 1. The molecule has 3 aromatic carbocycles. The molecule has 0 aliphatic carbocycles. The summed E-state index contributed by atoms with van der Waals surface area (Å²) in [7, 11) is 1.61. The van der Waals surface area contributed by atoms with Gasteiger partial charge in [-0.3, -0.25) is 9.69 Å². The lowest BCUT2D eigenvalue weighted by molar-refractivity contribution is -0.113. The maximum Gasteiger partial charge on any atom is 0.282 e. The largest absolute Gasteiger partial charge is 0.496 e. The van der Waals surface area contributed by atoms with E-state index in [0.717, 1.165) is 25.8 Å². The second-order valence-corrected chi connectivity index (χ2v) is 8.17. The maximum atomic E-state index is 13.3. The third kappa shape index (κ3) is 4.04. The van der Waals surface area contributed by atoms with Crippen molar-refractivity contribution < 1.29 is 9.53 Å². The fraction of sp³-hybridized carbons (Fsp3) is 0.0435. The Balaban J connectivity index is 1.85. The first-order valence-electron chi connectivity index (χ1n) is 8.86. The summed E-state index contributed by atoms with van der Waals surface area (Å²) in [6.07, 6.45) is 1.79. The highest BCUT2D eigenvalue weighted by Gasteiger charge is 2.33. The summed E-state index contributed by atoms with van der Waals surface area (Å²) in [5.41, 5.74) is 2.76.